The van der Waals surface area contributed by atoms with Crippen LogP contribution in [0.5, 0.6) is 0 Å². The van der Waals surface area contributed by atoms with Crippen molar-refractivity contribution in [1.82, 2.24) is 14.5 Å². The van der Waals surface area contributed by atoms with Crippen LogP contribution in [0.3, 0.4) is 0 Å². The van der Waals surface area contributed by atoms with E-state index < -0.39 is 5.41 Å². The highest BCUT2D eigenvalue weighted by Crippen LogP contribution is 2.40. The zero-order valence-corrected chi connectivity index (χ0v) is 22.8. The molecule has 190 valence electrons. The summed E-state index contributed by atoms with van der Waals surface area (Å²) in [5.74, 6) is -0.235. The first kappa shape index (κ1) is 25.1. The second-order valence-electron chi connectivity index (χ2n) is 11.3. The number of hydrogen-bond acceptors (Lipinski definition) is 2. The number of aryl methyl sites for hydroxylation is 3. The minimum absolute atomic E-state index is 0.222. The molecule has 1 unspecified atom stereocenters. The molecule has 0 radical (unpaired) electrons. The maximum atomic E-state index is 13.9. The van der Waals surface area contributed by atoms with E-state index in [0.717, 1.165) is 41.6 Å². The van der Waals surface area contributed by atoms with Crippen molar-refractivity contribution in [1.29, 1.82) is 0 Å². The molecular formula is C33H36FN3. The van der Waals surface area contributed by atoms with Crippen LogP contribution in [-0.2, 0) is 25.3 Å². The molecule has 1 aliphatic rings. The molecule has 0 bridgehead atoms. The van der Waals surface area contributed by atoms with Crippen LogP contribution < -0.4 is 0 Å². The van der Waals surface area contributed by atoms with E-state index in [1.807, 2.05) is 36.3 Å². The molecule has 37 heavy (non-hydrogen) atoms. The largest absolute Gasteiger partial charge is 0.337 e. The Balaban J connectivity index is 1.67. The number of hydrogen-bond donors (Lipinski definition) is 0. The molecule has 3 nitrogen and oxygen atoms in total. The molecule has 0 aliphatic heterocycles. The van der Waals surface area contributed by atoms with E-state index in [1.165, 1.54) is 39.9 Å². The quantitative estimate of drug-likeness (QED) is 0.274. The van der Waals surface area contributed by atoms with E-state index in [9.17, 15) is 4.39 Å². The van der Waals surface area contributed by atoms with Crippen molar-refractivity contribution in [3.8, 4) is 0 Å². The molecule has 5 rings (SSSR count). The standard InChI is InChI=1S/C33H36FN3/c1-7-29-27(18-23-14-16-32(3,4)17-15-23)22(2)28-19-25(10-13-30(28)36-29)33(5,31-20-35-21-37(31)6)24-8-11-26(34)12-9-24/h8-16,19-21H,7,17-18H2,1-6H3. The van der Waals surface area contributed by atoms with Gasteiger partial charge in [-0.2, -0.15) is 0 Å². The Bertz CT molecular complexity index is 1520. The summed E-state index contributed by atoms with van der Waals surface area (Å²) in [6, 6.07) is 13.4. The molecule has 1 aliphatic carbocycles. The van der Waals surface area contributed by atoms with Crippen molar-refractivity contribution in [3.05, 3.63) is 118 Å². The third kappa shape index (κ3) is 4.54. The molecule has 4 aromatic rings. The first-order chi connectivity index (χ1) is 17.6. The number of nitrogens with zero attached hydrogens (tertiary/aromatic N) is 3. The molecule has 4 heteroatoms. The summed E-state index contributed by atoms with van der Waals surface area (Å²) < 4.78 is 15.9. The summed E-state index contributed by atoms with van der Waals surface area (Å²) >= 11 is 0. The van der Waals surface area contributed by atoms with Gasteiger partial charge in [0.2, 0.25) is 0 Å². The average molecular weight is 494 g/mol. The summed E-state index contributed by atoms with van der Waals surface area (Å²) in [4.78, 5) is 9.53. The van der Waals surface area contributed by atoms with Gasteiger partial charge < -0.3 is 4.57 Å². The van der Waals surface area contributed by atoms with Crippen LogP contribution in [0.4, 0.5) is 4.39 Å². The number of pyridine rings is 1. The number of rotatable bonds is 6. The third-order valence-electron chi connectivity index (χ3n) is 8.14. The van der Waals surface area contributed by atoms with Gasteiger partial charge in [0.25, 0.3) is 0 Å². The van der Waals surface area contributed by atoms with Gasteiger partial charge in [-0.15, -0.1) is 0 Å². The second kappa shape index (κ2) is 9.41. The van der Waals surface area contributed by atoms with Crippen LogP contribution in [0.2, 0.25) is 0 Å². The smallest absolute Gasteiger partial charge is 0.123 e. The van der Waals surface area contributed by atoms with Crippen LogP contribution in [0.15, 0.2) is 78.8 Å². The Kier molecular flexibility index (Phi) is 6.39. The minimum atomic E-state index is -0.511. The minimum Gasteiger partial charge on any atom is -0.337 e. The third-order valence-corrected chi connectivity index (χ3v) is 8.14. The summed E-state index contributed by atoms with van der Waals surface area (Å²) in [6.07, 6.45) is 13.6. The Hall–Kier alpha value is -3.53. The van der Waals surface area contributed by atoms with Crippen LogP contribution in [0.1, 0.15) is 67.8 Å². The SMILES string of the molecule is CCc1nc2ccc(C(C)(c3ccc(F)cc3)c3cncn3C)cc2c(C)c1CC1=CCC(C)(C)C=C1. The van der Waals surface area contributed by atoms with Crippen LogP contribution in [0, 0.1) is 18.2 Å². The molecular weight excluding hydrogens is 457 g/mol. The lowest BCUT2D eigenvalue weighted by Crippen LogP contribution is -2.28. The molecule has 0 amide bonds. The average Bonchev–Trinajstić information content (AvgIpc) is 3.32. The Morgan fingerprint density at radius 3 is 2.43 bits per heavy atom. The summed E-state index contributed by atoms with van der Waals surface area (Å²) in [5.41, 5.74) is 9.08. The van der Waals surface area contributed by atoms with Gasteiger partial charge in [0.15, 0.2) is 0 Å². The summed E-state index contributed by atoms with van der Waals surface area (Å²) in [7, 11) is 2.01. The van der Waals surface area contributed by atoms with Crippen molar-refractivity contribution in [3.63, 3.8) is 0 Å². The summed E-state index contributed by atoms with van der Waals surface area (Å²) in [6.45, 7) is 11.2. The Labute approximate surface area is 219 Å². The molecule has 0 N–H and O–H groups in total. The highest BCUT2D eigenvalue weighted by molar-refractivity contribution is 5.85. The summed E-state index contributed by atoms with van der Waals surface area (Å²) in [5, 5.41) is 1.17. The highest BCUT2D eigenvalue weighted by Gasteiger charge is 2.34. The fourth-order valence-corrected chi connectivity index (χ4v) is 5.65. The van der Waals surface area contributed by atoms with E-state index in [2.05, 4.69) is 76.0 Å². The van der Waals surface area contributed by atoms with Crippen molar-refractivity contribution in [2.75, 3.05) is 0 Å². The first-order valence-electron chi connectivity index (χ1n) is 13.2. The molecule has 2 aromatic heterocycles. The van der Waals surface area contributed by atoms with Crippen molar-refractivity contribution >= 4 is 10.9 Å². The molecule has 0 spiro atoms. The van der Waals surface area contributed by atoms with Gasteiger partial charge >= 0.3 is 0 Å². The number of fused-ring (bicyclic) bond motifs is 1. The Morgan fingerprint density at radius 2 is 1.81 bits per heavy atom. The first-order valence-corrected chi connectivity index (χ1v) is 13.2. The second-order valence-corrected chi connectivity index (χ2v) is 11.3. The maximum Gasteiger partial charge on any atom is 0.123 e. The molecule has 0 saturated carbocycles. The lowest BCUT2D eigenvalue weighted by molar-refractivity contribution is 0.481. The van der Waals surface area contributed by atoms with Crippen LogP contribution >= 0.6 is 0 Å². The van der Waals surface area contributed by atoms with Gasteiger partial charge in [-0.25, -0.2) is 9.37 Å². The highest BCUT2D eigenvalue weighted by atomic mass is 19.1. The predicted molar refractivity (Wildman–Crippen MR) is 150 cm³/mol. The zero-order chi connectivity index (χ0) is 26.4. The predicted octanol–water partition coefficient (Wildman–Crippen LogP) is 7.79. The lowest BCUT2D eigenvalue weighted by atomic mass is 9.73. The van der Waals surface area contributed by atoms with Crippen LogP contribution in [-0.4, -0.2) is 14.5 Å². The van der Waals surface area contributed by atoms with E-state index in [1.54, 1.807) is 0 Å². The van der Waals surface area contributed by atoms with Gasteiger partial charge in [-0.1, -0.05) is 57.2 Å². The molecule has 0 fully saturated rings. The fraction of sp³-hybridized carbons (Fsp3) is 0.333. The fourth-order valence-electron chi connectivity index (χ4n) is 5.65. The Morgan fingerprint density at radius 1 is 1.08 bits per heavy atom. The molecule has 2 aromatic carbocycles. The van der Waals surface area contributed by atoms with Gasteiger partial charge in [0, 0.05) is 24.3 Å². The topological polar surface area (TPSA) is 30.7 Å². The number of aromatic nitrogens is 3. The van der Waals surface area contributed by atoms with Gasteiger partial charge in [0.05, 0.1) is 23.0 Å². The lowest BCUT2D eigenvalue weighted by Gasteiger charge is -2.32. The number of allylic oxidation sites excluding steroid dienone is 4. The van der Waals surface area contributed by atoms with E-state index in [4.69, 9.17) is 4.98 Å². The monoisotopic (exact) mass is 493 g/mol. The number of imidazole rings is 1. The van der Waals surface area contributed by atoms with Crippen molar-refractivity contribution < 1.29 is 4.39 Å². The van der Waals surface area contributed by atoms with E-state index in [-0.39, 0.29) is 11.2 Å². The van der Waals surface area contributed by atoms with Crippen molar-refractivity contribution in [2.45, 2.75) is 59.3 Å². The van der Waals surface area contributed by atoms with Crippen LogP contribution in [0.25, 0.3) is 10.9 Å². The van der Waals surface area contributed by atoms with E-state index in [0.29, 0.717) is 0 Å². The van der Waals surface area contributed by atoms with Crippen molar-refractivity contribution in [2.24, 2.45) is 12.5 Å². The molecule has 2 heterocycles. The van der Waals surface area contributed by atoms with Gasteiger partial charge in [-0.3, -0.25) is 4.98 Å². The number of benzene rings is 2. The van der Waals surface area contributed by atoms with Gasteiger partial charge in [-0.05, 0) is 90.6 Å². The number of halogens is 1. The normalized spacial score (nSPS) is 16.6. The molecule has 0 saturated heterocycles. The zero-order valence-electron chi connectivity index (χ0n) is 22.8. The maximum absolute atomic E-state index is 13.9. The van der Waals surface area contributed by atoms with E-state index >= 15 is 0 Å². The molecule has 1 atom stereocenters. The van der Waals surface area contributed by atoms with Gasteiger partial charge in [0.1, 0.15) is 5.82 Å².